The van der Waals surface area contributed by atoms with Crippen LogP contribution in [-0.2, 0) is 5.75 Å². The Bertz CT molecular complexity index is 723. The van der Waals surface area contributed by atoms with Gasteiger partial charge in [0.2, 0.25) is 5.82 Å². The van der Waals surface area contributed by atoms with Crippen LogP contribution >= 0.6 is 11.8 Å². The molecule has 0 atom stereocenters. The molecule has 3 aromatic rings. The third-order valence-corrected chi connectivity index (χ3v) is 3.88. The van der Waals surface area contributed by atoms with E-state index in [1.807, 2.05) is 31.2 Å². The molecule has 5 heteroatoms. The summed E-state index contributed by atoms with van der Waals surface area (Å²) >= 11 is 1.44. The first kappa shape index (κ1) is 13.8. The van der Waals surface area contributed by atoms with Gasteiger partial charge in [-0.3, -0.25) is 0 Å². The molecule has 0 spiro atoms. The van der Waals surface area contributed by atoms with E-state index < -0.39 is 0 Å². The van der Waals surface area contributed by atoms with Gasteiger partial charge in [-0.1, -0.05) is 58.9 Å². The Kier molecular flexibility index (Phi) is 4.01. The smallest absolute Gasteiger partial charge is 0.286 e. The Labute approximate surface area is 126 Å². The SMILES string of the molecule is Cc1ccc(-c2noc(SCc3ccc(F)cc3)n2)cc1. The van der Waals surface area contributed by atoms with Gasteiger partial charge in [0.25, 0.3) is 5.22 Å². The zero-order valence-corrected chi connectivity index (χ0v) is 12.2. The fraction of sp³-hybridized carbons (Fsp3) is 0.125. The molecule has 1 heterocycles. The molecular formula is C16H13FN2OS. The summed E-state index contributed by atoms with van der Waals surface area (Å²) in [6.45, 7) is 2.03. The Morgan fingerprint density at radius 2 is 1.76 bits per heavy atom. The zero-order chi connectivity index (χ0) is 14.7. The van der Waals surface area contributed by atoms with Crippen molar-refractivity contribution in [3.63, 3.8) is 0 Å². The van der Waals surface area contributed by atoms with E-state index in [2.05, 4.69) is 10.1 Å². The molecule has 0 aliphatic heterocycles. The summed E-state index contributed by atoms with van der Waals surface area (Å²) in [5.74, 6) is 1.01. The normalized spacial score (nSPS) is 10.8. The number of nitrogens with zero attached hydrogens (tertiary/aromatic N) is 2. The fourth-order valence-electron chi connectivity index (χ4n) is 1.81. The van der Waals surface area contributed by atoms with Gasteiger partial charge in [0.1, 0.15) is 5.82 Å². The number of halogens is 1. The molecule has 0 unspecified atom stereocenters. The molecule has 0 saturated heterocycles. The average molecular weight is 300 g/mol. The van der Waals surface area contributed by atoms with E-state index in [0.717, 1.165) is 11.1 Å². The summed E-state index contributed by atoms with van der Waals surface area (Å²) in [4.78, 5) is 4.35. The molecule has 0 N–H and O–H groups in total. The van der Waals surface area contributed by atoms with Gasteiger partial charge in [-0.25, -0.2) is 4.39 Å². The van der Waals surface area contributed by atoms with Crippen LogP contribution in [-0.4, -0.2) is 10.1 Å². The average Bonchev–Trinajstić information content (AvgIpc) is 2.96. The van der Waals surface area contributed by atoms with E-state index in [9.17, 15) is 4.39 Å². The third kappa shape index (κ3) is 3.49. The van der Waals surface area contributed by atoms with Gasteiger partial charge in [-0.05, 0) is 24.6 Å². The van der Waals surface area contributed by atoms with Gasteiger partial charge in [0, 0.05) is 11.3 Å². The quantitative estimate of drug-likeness (QED) is 0.666. The van der Waals surface area contributed by atoms with Crippen LogP contribution in [0.1, 0.15) is 11.1 Å². The lowest BCUT2D eigenvalue weighted by molar-refractivity contribution is 0.341. The predicted octanol–water partition coefficient (Wildman–Crippen LogP) is 4.48. The maximum Gasteiger partial charge on any atom is 0.286 e. The van der Waals surface area contributed by atoms with Crippen LogP contribution in [0, 0.1) is 12.7 Å². The van der Waals surface area contributed by atoms with Crippen molar-refractivity contribution in [3.8, 4) is 11.4 Å². The van der Waals surface area contributed by atoms with Crippen molar-refractivity contribution in [2.24, 2.45) is 0 Å². The van der Waals surface area contributed by atoms with Crippen molar-refractivity contribution in [1.29, 1.82) is 0 Å². The summed E-state index contributed by atoms with van der Waals surface area (Å²) < 4.78 is 18.0. The molecule has 0 saturated carbocycles. The van der Waals surface area contributed by atoms with E-state index in [4.69, 9.17) is 4.52 Å². The second-order valence-corrected chi connectivity index (χ2v) is 5.59. The Morgan fingerprint density at radius 1 is 1.05 bits per heavy atom. The summed E-state index contributed by atoms with van der Waals surface area (Å²) in [6.07, 6.45) is 0. The molecular weight excluding hydrogens is 287 g/mol. The number of thioether (sulfide) groups is 1. The number of hydrogen-bond donors (Lipinski definition) is 0. The fourth-order valence-corrected chi connectivity index (χ4v) is 2.54. The highest BCUT2D eigenvalue weighted by Crippen LogP contribution is 2.24. The first-order valence-electron chi connectivity index (χ1n) is 6.49. The van der Waals surface area contributed by atoms with Gasteiger partial charge in [-0.15, -0.1) is 0 Å². The maximum absolute atomic E-state index is 12.8. The summed E-state index contributed by atoms with van der Waals surface area (Å²) in [7, 11) is 0. The molecule has 3 nitrogen and oxygen atoms in total. The van der Waals surface area contributed by atoms with Crippen molar-refractivity contribution in [2.45, 2.75) is 17.9 Å². The lowest BCUT2D eigenvalue weighted by Crippen LogP contribution is -1.82. The van der Waals surface area contributed by atoms with Crippen LogP contribution < -0.4 is 0 Å². The van der Waals surface area contributed by atoms with Gasteiger partial charge in [-0.2, -0.15) is 4.98 Å². The van der Waals surface area contributed by atoms with Gasteiger partial charge in [0.05, 0.1) is 0 Å². The van der Waals surface area contributed by atoms with E-state index in [-0.39, 0.29) is 5.82 Å². The molecule has 0 aliphatic rings. The van der Waals surface area contributed by atoms with Crippen LogP contribution in [0.4, 0.5) is 4.39 Å². The lowest BCUT2D eigenvalue weighted by atomic mass is 10.1. The van der Waals surface area contributed by atoms with Gasteiger partial charge >= 0.3 is 0 Å². The molecule has 1 aromatic heterocycles. The van der Waals surface area contributed by atoms with Crippen LogP contribution in [0.3, 0.4) is 0 Å². The van der Waals surface area contributed by atoms with Crippen LogP contribution in [0.15, 0.2) is 58.3 Å². The minimum absolute atomic E-state index is 0.233. The molecule has 2 aromatic carbocycles. The van der Waals surface area contributed by atoms with Crippen molar-refractivity contribution >= 4 is 11.8 Å². The molecule has 0 fully saturated rings. The topological polar surface area (TPSA) is 38.9 Å². The Morgan fingerprint density at radius 3 is 2.48 bits per heavy atom. The highest BCUT2D eigenvalue weighted by atomic mass is 32.2. The second-order valence-electron chi connectivity index (χ2n) is 4.67. The van der Waals surface area contributed by atoms with E-state index in [0.29, 0.717) is 16.8 Å². The third-order valence-electron chi connectivity index (χ3n) is 2.99. The van der Waals surface area contributed by atoms with Crippen LogP contribution in [0.5, 0.6) is 0 Å². The first-order valence-corrected chi connectivity index (χ1v) is 7.47. The van der Waals surface area contributed by atoms with Crippen molar-refractivity contribution in [2.75, 3.05) is 0 Å². The highest BCUT2D eigenvalue weighted by molar-refractivity contribution is 7.98. The van der Waals surface area contributed by atoms with E-state index >= 15 is 0 Å². The van der Waals surface area contributed by atoms with Crippen LogP contribution in [0.25, 0.3) is 11.4 Å². The number of rotatable bonds is 4. The van der Waals surface area contributed by atoms with Crippen molar-refractivity contribution in [1.82, 2.24) is 10.1 Å². The van der Waals surface area contributed by atoms with Gasteiger partial charge in [0.15, 0.2) is 0 Å². The summed E-state index contributed by atoms with van der Waals surface area (Å²) in [5.41, 5.74) is 3.13. The molecule has 106 valence electrons. The highest BCUT2D eigenvalue weighted by Gasteiger charge is 2.09. The number of hydrogen-bond acceptors (Lipinski definition) is 4. The summed E-state index contributed by atoms with van der Waals surface area (Å²) in [5, 5.41) is 4.48. The molecule has 0 amide bonds. The summed E-state index contributed by atoms with van der Waals surface area (Å²) in [6, 6.07) is 14.3. The van der Waals surface area contributed by atoms with E-state index in [1.54, 1.807) is 12.1 Å². The second kappa shape index (κ2) is 6.10. The minimum Gasteiger partial charge on any atom is -0.327 e. The Balaban J connectivity index is 1.67. The van der Waals surface area contributed by atoms with Crippen molar-refractivity contribution < 1.29 is 8.91 Å². The zero-order valence-electron chi connectivity index (χ0n) is 11.4. The number of benzene rings is 2. The van der Waals surface area contributed by atoms with Gasteiger partial charge < -0.3 is 4.52 Å². The monoisotopic (exact) mass is 300 g/mol. The van der Waals surface area contributed by atoms with Crippen molar-refractivity contribution in [3.05, 3.63) is 65.5 Å². The first-order chi connectivity index (χ1) is 10.2. The molecule has 0 radical (unpaired) electrons. The largest absolute Gasteiger partial charge is 0.327 e. The molecule has 0 aliphatic carbocycles. The molecule has 21 heavy (non-hydrogen) atoms. The minimum atomic E-state index is -0.233. The Hall–Kier alpha value is -2.14. The lowest BCUT2D eigenvalue weighted by Gasteiger charge is -1.97. The molecule has 0 bridgehead atoms. The standard InChI is InChI=1S/C16H13FN2OS/c1-11-2-6-13(7-3-11)15-18-16(20-19-15)21-10-12-4-8-14(17)9-5-12/h2-9H,10H2,1H3. The predicted molar refractivity (Wildman–Crippen MR) is 80.4 cm³/mol. The van der Waals surface area contributed by atoms with Crippen LogP contribution in [0.2, 0.25) is 0 Å². The maximum atomic E-state index is 12.8. The number of aryl methyl sites for hydroxylation is 1. The molecule has 3 rings (SSSR count). The number of aromatic nitrogens is 2. The van der Waals surface area contributed by atoms with E-state index in [1.165, 1.54) is 29.5 Å².